The van der Waals surface area contributed by atoms with Crippen LogP contribution in [0.5, 0.6) is 0 Å². The van der Waals surface area contributed by atoms with Crippen LogP contribution in [0.4, 0.5) is 0 Å². The first kappa shape index (κ1) is 12.6. The Morgan fingerprint density at radius 2 is 1.65 bits per heavy atom. The number of rotatable bonds is 4. The summed E-state index contributed by atoms with van der Waals surface area (Å²) in [7, 11) is 0. The van der Waals surface area contributed by atoms with Gasteiger partial charge in [-0.15, -0.1) is 0 Å². The van der Waals surface area contributed by atoms with Crippen LogP contribution in [0, 0.1) is 0 Å². The van der Waals surface area contributed by atoms with Crippen molar-refractivity contribution in [3.8, 4) is 0 Å². The largest absolute Gasteiger partial charge is 0.376 e. The molecule has 2 N–H and O–H groups in total. The number of nitrogens with one attached hydrogen (secondary N) is 1. The van der Waals surface area contributed by atoms with Gasteiger partial charge in [-0.05, 0) is 37.7 Å². The second kappa shape index (κ2) is 6.18. The molecule has 0 radical (unpaired) electrons. The highest BCUT2D eigenvalue weighted by Gasteiger charge is 2.26. The van der Waals surface area contributed by atoms with Crippen LogP contribution in [0.25, 0.3) is 0 Å². The van der Waals surface area contributed by atoms with Crippen molar-refractivity contribution in [3.05, 3.63) is 35.9 Å². The molecular weight excluding hydrogens is 210 g/mol. The molecule has 1 aromatic carbocycles. The fraction of sp³-hybridized carbons (Fsp3) is 0.600. The third kappa shape index (κ3) is 4.14. The van der Waals surface area contributed by atoms with Gasteiger partial charge < -0.3 is 5.11 Å². The van der Waals surface area contributed by atoms with Crippen molar-refractivity contribution in [3.63, 3.8) is 0 Å². The van der Waals surface area contributed by atoms with Crippen LogP contribution in [0.2, 0.25) is 0 Å². The van der Waals surface area contributed by atoms with Crippen LogP contribution in [-0.2, 0) is 6.42 Å². The van der Waals surface area contributed by atoms with Crippen molar-refractivity contribution in [2.45, 2.75) is 50.7 Å². The van der Waals surface area contributed by atoms with E-state index in [1.165, 1.54) is 18.4 Å². The highest BCUT2D eigenvalue weighted by atomic mass is 16.3. The summed E-state index contributed by atoms with van der Waals surface area (Å²) in [5, 5.41) is 13.8. The van der Waals surface area contributed by atoms with Gasteiger partial charge in [-0.3, -0.25) is 5.32 Å². The fourth-order valence-electron chi connectivity index (χ4n) is 2.57. The average molecular weight is 233 g/mol. The molecular formula is C15H23NO. The van der Waals surface area contributed by atoms with Crippen LogP contribution in [0.15, 0.2) is 30.3 Å². The SMILES string of the molecule is OC1(NCCc2ccccc2)CCCCCC1. The zero-order valence-electron chi connectivity index (χ0n) is 10.5. The molecule has 17 heavy (non-hydrogen) atoms. The zero-order chi connectivity index (χ0) is 12.0. The lowest BCUT2D eigenvalue weighted by Crippen LogP contribution is -2.45. The van der Waals surface area contributed by atoms with E-state index in [-0.39, 0.29) is 0 Å². The summed E-state index contributed by atoms with van der Waals surface area (Å²) in [6.07, 6.45) is 7.63. The predicted molar refractivity (Wildman–Crippen MR) is 70.8 cm³/mol. The quantitative estimate of drug-likeness (QED) is 0.619. The van der Waals surface area contributed by atoms with Crippen LogP contribution in [0.3, 0.4) is 0 Å². The zero-order valence-corrected chi connectivity index (χ0v) is 10.5. The second-order valence-electron chi connectivity index (χ2n) is 5.11. The molecule has 0 amide bonds. The summed E-state index contributed by atoms with van der Waals surface area (Å²) < 4.78 is 0. The van der Waals surface area contributed by atoms with E-state index in [9.17, 15) is 5.11 Å². The maximum absolute atomic E-state index is 10.4. The molecule has 0 bridgehead atoms. The lowest BCUT2D eigenvalue weighted by atomic mass is 10.0. The highest BCUT2D eigenvalue weighted by molar-refractivity contribution is 5.14. The molecule has 0 saturated heterocycles. The summed E-state index contributed by atoms with van der Waals surface area (Å²) in [5.74, 6) is 0. The van der Waals surface area contributed by atoms with Crippen LogP contribution >= 0.6 is 0 Å². The third-order valence-electron chi connectivity index (χ3n) is 3.64. The third-order valence-corrected chi connectivity index (χ3v) is 3.64. The molecule has 1 fully saturated rings. The van der Waals surface area contributed by atoms with E-state index < -0.39 is 5.72 Å². The highest BCUT2D eigenvalue weighted by Crippen LogP contribution is 2.24. The van der Waals surface area contributed by atoms with Crippen LogP contribution in [0.1, 0.15) is 44.1 Å². The lowest BCUT2D eigenvalue weighted by molar-refractivity contribution is -0.00840. The van der Waals surface area contributed by atoms with Crippen molar-refractivity contribution in [2.75, 3.05) is 6.54 Å². The Morgan fingerprint density at radius 3 is 2.29 bits per heavy atom. The monoisotopic (exact) mass is 233 g/mol. The minimum atomic E-state index is -0.606. The van der Waals surface area contributed by atoms with E-state index in [0.717, 1.165) is 38.6 Å². The maximum Gasteiger partial charge on any atom is 0.116 e. The lowest BCUT2D eigenvalue weighted by Gasteiger charge is -2.28. The van der Waals surface area contributed by atoms with Gasteiger partial charge in [0.1, 0.15) is 5.72 Å². The van der Waals surface area contributed by atoms with Crippen molar-refractivity contribution in [1.82, 2.24) is 5.32 Å². The Balaban J connectivity index is 1.77. The van der Waals surface area contributed by atoms with E-state index >= 15 is 0 Å². The Morgan fingerprint density at radius 1 is 1.00 bits per heavy atom. The summed E-state index contributed by atoms with van der Waals surface area (Å²) in [4.78, 5) is 0. The summed E-state index contributed by atoms with van der Waals surface area (Å²) in [6.45, 7) is 0.862. The van der Waals surface area contributed by atoms with Crippen LogP contribution < -0.4 is 5.32 Å². The topological polar surface area (TPSA) is 32.3 Å². The Bertz CT molecular complexity index is 315. The standard InChI is InChI=1S/C15H23NO/c17-15(11-6-1-2-7-12-15)16-13-10-14-8-4-3-5-9-14/h3-5,8-9,16-17H,1-2,6-7,10-13H2. The van der Waals surface area contributed by atoms with Crippen molar-refractivity contribution >= 4 is 0 Å². The van der Waals surface area contributed by atoms with Gasteiger partial charge in [0, 0.05) is 6.54 Å². The Hall–Kier alpha value is -0.860. The molecule has 0 unspecified atom stereocenters. The molecule has 94 valence electrons. The summed E-state index contributed by atoms with van der Waals surface area (Å²) in [6, 6.07) is 10.4. The van der Waals surface area contributed by atoms with Crippen molar-refractivity contribution in [2.24, 2.45) is 0 Å². The predicted octanol–water partition coefficient (Wildman–Crippen LogP) is 2.86. The number of hydrogen-bond acceptors (Lipinski definition) is 2. The second-order valence-corrected chi connectivity index (χ2v) is 5.11. The van der Waals surface area contributed by atoms with Gasteiger partial charge >= 0.3 is 0 Å². The Kier molecular flexibility index (Phi) is 4.57. The maximum atomic E-state index is 10.4. The Labute approximate surface area is 104 Å². The summed E-state index contributed by atoms with van der Waals surface area (Å²) >= 11 is 0. The van der Waals surface area contributed by atoms with E-state index in [0.29, 0.717) is 0 Å². The molecule has 2 nitrogen and oxygen atoms in total. The molecule has 1 saturated carbocycles. The molecule has 2 rings (SSSR count). The van der Waals surface area contributed by atoms with Gasteiger partial charge in [0.05, 0.1) is 0 Å². The molecule has 0 heterocycles. The first-order valence-corrected chi connectivity index (χ1v) is 6.80. The molecule has 1 aliphatic carbocycles. The minimum Gasteiger partial charge on any atom is -0.376 e. The normalized spacial score (nSPS) is 19.8. The summed E-state index contributed by atoms with van der Waals surface area (Å²) in [5.41, 5.74) is 0.725. The van der Waals surface area contributed by atoms with E-state index in [1.54, 1.807) is 0 Å². The van der Waals surface area contributed by atoms with Crippen molar-refractivity contribution < 1.29 is 5.11 Å². The molecule has 0 atom stereocenters. The average Bonchev–Trinajstić information content (AvgIpc) is 2.56. The van der Waals surface area contributed by atoms with Crippen LogP contribution in [-0.4, -0.2) is 17.4 Å². The van der Waals surface area contributed by atoms with E-state index in [2.05, 4.69) is 29.6 Å². The minimum absolute atomic E-state index is 0.606. The number of benzene rings is 1. The first-order chi connectivity index (χ1) is 8.29. The fourth-order valence-corrected chi connectivity index (χ4v) is 2.57. The smallest absolute Gasteiger partial charge is 0.116 e. The van der Waals surface area contributed by atoms with Gasteiger partial charge in [-0.1, -0.05) is 43.2 Å². The van der Waals surface area contributed by atoms with Gasteiger partial charge in [0.25, 0.3) is 0 Å². The molecule has 0 aromatic heterocycles. The number of hydrogen-bond donors (Lipinski definition) is 2. The van der Waals surface area contributed by atoms with E-state index in [1.807, 2.05) is 6.07 Å². The van der Waals surface area contributed by atoms with Gasteiger partial charge in [0.2, 0.25) is 0 Å². The first-order valence-electron chi connectivity index (χ1n) is 6.80. The van der Waals surface area contributed by atoms with Crippen molar-refractivity contribution in [1.29, 1.82) is 0 Å². The van der Waals surface area contributed by atoms with Gasteiger partial charge in [0.15, 0.2) is 0 Å². The molecule has 1 aliphatic rings. The van der Waals surface area contributed by atoms with Gasteiger partial charge in [-0.2, -0.15) is 0 Å². The van der Waals surface area contributed by atoms with Gasteiger partial charge in [-0.25, -0.2) is 0 Å². The molecule has 1 aromatic rings. The van der Waals surface area contributed by atoms with E-state index in [4.69, 9.17) is 0 Å². The molecule has 0 spiro atoms. The number of aliphatic hydroxyl groups is 1. The molecule has 0 aliphatic heterocycles. The molecule has 2 heteroatoms.